The number of halogens is 4. The molecule has 4 heteroatoms. The Labute approximate surface area is 103 Å². The first-order valence-electron chi connectivity index (χ1n) is 5.19. The van der Waals surface area contributed by atoms with Gasteiger partial charge in [-0.2, -0.15) is 13.2 Å². The Morgan fingerprint density at radius 2 is 1.62 bits per heavy atom. The minimum absolute atomic E-state index is 0.0920. The van der Waals surface area contributed by atoms with Gasteiger partial charge in [-0.3, -0.25) is 0 Å². The van der Waals surface area contributed by atoms with Crippen molar-refractivity contribution in [3.63, 3.8) is 0 Å². The first-order valence-corrected chi connectivity index (χ1v) is 5.98. The van der Waals surface area contributed by atoms with E-state index in [2.05, 4.69) is 15.9 Å². The highest BCUT2D eigenvalue weighted by Crippen LogP contribution is 2.36. The molecule has 0 fully saturated rings. The largest absolute Gasteiger partial charge is 0.417 e. The summed E-state index contributed by atoms with van der Waals surface area (Å²) in [7, 11) is 0. The zero-order chi connectivity index (χ0) is 12.9. The number of hydrogen-bond donors (Lipinski definition) is 0. The van der Waals surface area contributed by atoms with E-state index in [1.54, 1.807) is 6.07 Å². The Morgan fingerprint density at radius 3 is 2.00 bits per heavy atom. The van der Waals surface area contributed by atoms with Gasteiger partial charge < -0.3 is 0 Å². The average Bonchev–Trinajstić information content (AvgIpc) is 2.19. The first kappa shape index (κ1) is 15.5. The second-order valence-electron chi connectivity index (χ2n) is 3.39. The minimum Gasteiger partial charge on any atom is -0.166 e. The lowest BCUT2D eigenvalue weighted by Gasteiger charge is -2.12. The van der Waals surface area contributed by atoms with Gasteiger partial charge >= 0.3 is 6.18 Å². The molecule has 92 valence electrons. The molecule has 0 nitrogen and oxygen atoms in total. The minimum atomic E-state index is -4.29. The molecule has 0 spiro atoms. The summed E-state index contributed by atoms with van der Waals surface area (Å²) in [6.45, 7) is 7.73. The maximum Gasteiger partial charge on any atom is 0.417 e. The molecule has 0 saturated carbocycles. The predicted molar refractivity (Wildman–Crippen MR) is 64.6 cm³/mol. The molecule has 0 bridgehead atoms. The van der Waals surface area contributed by atoms with Crippen LogP contribution in [0.25, 0.3) is 0 Å². The van der Waals surface area contributed by atoms with Gasteiger partial charge in [0, 0.05) is 4.47 Å². The van der Waals surface area contributed by atoms with Crippen LogP contribution in [0.4, 0.5) is 13.2 Å². The van der Waals surface area contributed by atoms with Crippen molar-refractivity contribution < 1.29 is 13.2 Å². The summed E-state index contributed by atoms with van der Waals surface area (Å²) < 4.78 is 37.5. The van der Waals surface area contributed by atoms with E-state index in [1.807, 2.05) is 27.7 Å². The van der Waals surface area contributed by atoms with Gasteiger partial charge in [-0.05, 0) is 23.6 Å². The number of hydrogen-bond acceptors (Lipinski definition) is 0. The molecule has 0 aromatic heterocycles. The van der Waals surface area contributed by atoms with E-state index in [0.717, 1.165) is 0 Å². The van der Waals surface area contributed by atoms with Crippen molar-refractivity contribution in [2.75, 3.05) is 0 Å². The maximum absolute atomic E-state index is 12.5. The molecule has 0 aliphatic carbocycles. The van der Waals surface area contributed by atoms with Crippen LogP contribution in [0.2, 0.25) is 0 Å². The van der Waals surface area contributed by atoms with Crippen LogP contribution in [0, 0.1) is 0 Å². The van der Waals surface area contributed by atoms with Crippen molar-refractivity contribution in [1.82, 2.24) is 0 Å². The van der Waals surface area contributed by atoms with Crippen molar-refractivity contribution >= 4 is 15.9 Å². The Morgan fingerprint density at radius 1 is 1.12 bits per heavy atom. The quantitative estimate of drug-likeness (QED) is 0.631. The highest BCUT2D eigenvalue weighted by atomic mass is 79.9. The molecule has 0 N–H and O–H groups in total. The molecule has 16 heavy (non-hydrogen) atoms. The van der Waals surface area contributed by atoms with Crippen LogP contribution in [0.15, 0.2) is 22.7 Å². The maximum atomic E-state index is 12.5. The molecule has 0 unspecified atom stereocenters. The Hall–Kier alpha value is -0.510. The fraction of sp³-hybridized carbons (Fsp3) is 0.500. The number of alkyl halides is 3. The van der Waals surface area contributed by atoms with Gasteiger partial charge in [-0.25, -0.2) is 0 Å². The van der Waals surface area contributed by atoms with Crippen LogP contribution in [-0.4, -0.2) is 0 Å². The molecular weight excluding hydrogens is 281 g/mol. The summed E-state index contributed by atoms with van der Waals surface area (Å²) in [5.74, 6) is 0.101. The van der Waals surface area contributed by atoms with E-state index in [1.165, 1.54) is 12.1 Å². The van der Waals surface area contributed by atoms with Gasteiger partial charge in [0.2, 0.25) is 0 Å². The van der Waals surface area contributed by atoms with Crippen LogP contribution in [0.3, 0.4) is 0 Å². The van der Waals surface area contributed by atoms with Crippen LogP contribution >= 0.6 is 15.9 Å². The zero-order valence-electron chi connectivity index (χ0n) is 9.82. The highest BCUT2D eigenvalue weighted by molar-refractivity contribution is 9.10. The van der Waals surface area contributed by atoms with Gasteiger partial charge in [0.1, 0.15) is 0 Å². The molecule has 1 aromatic rings. The molecular formula is C12H16BrF3. The lowest BCUT2D eigenvalue weighted by atomic mass is 10.0. The summed E-state index contributed by atoms with van der Waals surface area (Å²) in [6.07, 6.45) is -4.29. The SMILES string of the molecule is CC.CC(C)c1ccc(Br)c(C(F)(F)F)c1. The second-order valence-corrected chi connectivity index (χ2v) is 4.25. The van der Waals surface area contributed by atoms with Crippen LogP contribution in [0.5, 0.6) is 0 Å². The Bertz CT molecular complexity index is 330. The van der Waals surface area contributed by atoms with Gasteiger partial charge in [0.25, 0.3) is 0 Å². The summed E-state index contributed by atoms with van der Waals surface area (Å²) in [5.41, 5.74) is 0.0872. The van der Waals surface area contributed by atoms with Crippen molar-refractivity contribution in [3.8, 4) is 0 Å². The van der Waals surface area contributed by atoms with Crippen molar-refractivity contribution in [2.45, 2.75) is 39.8 Å². The van der Waals surface area contributed by atoms with E-state index < -0.39 is 11.7 Å². The number of benzene rings is 1. The van der Waals surface area contributed by atoms with Crippen molar-refractivity contribution in [1.29, 1.82) is 0 Å². The normalized spacial score (nSPS) is 11.1. The van der Waals surface area contributed by atoms with E-state index in [-0.39, 0.29) is 10.4 Å². The highest BCUT2D eigenvalue weighted by Gasteiger charge is 2.33. The molecule has 0 aliphatic rings. The third-order valence-electron chi connectivity index (χ3n) is 1.96. The summed E-state index contributed by atoms with van der Waals surface area (Å²) in [5, 5.41) is 0. The zero-order valence-corrected chi connectivity index (χ0v) is 11.4. The van der Waals surface area contributed by atoms with Crippen LogP contribution < -0.4 is 0 Å². The fourth-order valence-electron chi connectivity index (χ4n) is 1.12. The molecule has 0 saturated heterocycles. The third-order valence-corrected chi connectivity index (χ3v) is 2.65. The van der Waals surface area contributed by atoms with Gasteiger partial charge in [-0.1, -0.05) is 49.7 Å². The third kappa shape index (κ3) is 4.16. The fourth-order valence-corrected chi connectivity index (χ4v) is 1.59. The van der Waals surface area contributed by atoms with Crippen molar-refractivity contribution in [2.24, 2.45) is 0 Å². The lowest BCUT2D eigenvalue weighted by molar-refractivity contribution is -0.138. The second kappa shape index (κ2) is 6.28. The number of rotatable bonds is 1. The monoisotopic (exact) mass is 296 g/mol. The smallest absolute Gasteiger partial charge is 0.166 e. The molecule has 1 rings (SSSR count). The Kier molecular flexibility index (Phi) is 6.08. The molecule has 1 aromatic carbocycles. The van der Waals surface area contributed by atoms with Gasteiger partial charge in [0.15, 0.2) is 0 Å². The molecule has 0 radical (unpaired) electrons. The summed E-state index contributed by atoms with van der Waals surface area (Å²) >= 11 is 2.90. The summed E-state index contributed by atoms with van der Waals surface area (Å²) in [4.78, 5) is 0. The topological polar surface area (TPSA) is 0 Å². The molecule has 0 aliphatic heterocycles. The molecule has 0 atom stereocenters. The van der Waals surface area contributed by atoms with Gasteiger partial charge in [0.05, 0.1) is 5.56 Å². The van der Waals surface area contributed by atoms with E-state index in [0.29, 0.717) is 5.56 Å². The first-order chi connectivity index (χ1) is 7.32. The molecule has 0 heterocycles. The standard InChI is InChI=1S/C10H10BrF3.C2H6/c1-6(2)7-3-4-9(11)8(5-7)10(12,13)14;1-2/h3-6H,1-2H3;1-2H3. The van der Waals surface area contributed by atoms with E-state index >= 15 is 0 Å². The predicted octanol–water partition coefficient (Wildman–Crippen LogP) is 5.62. The van der Waals surface area contributed by atoms with E-state index in [9.17, 15) is 13.2 Å². The summed E-state index contributed by atoms with van der Waals surface area (Å²) in [6, 6.07) is 4.33. The van der Waals surface area contributed by atoms with Gasteiger partial charge in [-0.15, -0.1) is 0 Å². The van der Waals surface area contributed by atoms with Crippen LogP contribution in [0.1, 0.15) is 44.7 Å². The van der Waals surface area contributed by atoms with Crippen LogP contribution in [-0.2, 0) is 6.18 Å². The molecule has 0 amide bonds. The van der Waals surface area contributed by atoms with Crippen molar-refractivity contribution in [3.05, 3.63) is 33.8 Å². The average molecular weight is 297 g/mol. The Balaban J connectivity index is 0.00000106. The van der Waals surface area contributed by atoms with E-state index in [4.69, 9.17) is 0 Å². The lowest BCUT2D eigenvalue weighted by Crippen LogP contribution is -2.07.